The topological polar surface area (TPSA) is 70.4 Å². The van der Waals surface area contributed by atoms with Crippen molar-refractivity contribution in [1.29, 1.82) is 0 Å². The fraction of sp³-hybridized carbons (Fsp3) is 0.292. The number of benzene rings is 1. The van der Waals surface area contributed by atoms with Gasteiger partial charge in [-0.2, -0.15) is 0 Å². The zero-order chi connectivity index (χ0) is 22.3. The van der Waals surface area contributed by atoms with Crippen LogP contribution in [0.15, 0.2) is 54.7 Å². The van der Waals surface area contributed by atoms with Gasteiger partial charge in [-0.3, -0.25) is 4.98 Å². The molecule has 2 aromatic heterocycles. The van der Waals surface area contributed by atoms with Crippen LogP contribution >= 0.6 is 12.2 Å². The Hall–Kier alpha value is -3.19. The third-order valence-electron chi connectivity index (χ3n) is 5.85. The third kappa shape index (κ3) is 3.70. The largest absolute Gasteiger partial charge is 0.478 e. The summed E-state index contributed by atoms with van der Waals surface area (Å²) in [5.74, 6) is -0.926. The van der Waals surface area contributed by atoms with Crippen molar-refractivity contribution >= 4 is 23.3 Å². The fourth-order valence-electron chi connectivity index (χ4n) is 4.49. The number of pyridine rings is 1. The Balaban J connectivity index is 1.82. The summed E-state index contributed by atoms with van der Waals surface area (Å²) in [6.07, 6.45) is 1.81. The van der Waals surface area contributed by atoms with Crippen LogP contribution in [-0.2, 0) is 0 Å². The molecule has 31 heavy (non-hydrogen) atoms. The first-order valence-corrected chi connectivity index (χ1v) is 10.7. The molecule has 1 aliphatic rings. The summed E-state index contributed by atoms with van der Waals surface area (Å²) in [5.41, 5.74) is 5.52. The van der Waals surface area contributed by atoms with E-state index in [1.807, 2.05) is 36.5 Å². The van der Waals surface area contributed by atoms with Crippen LogP contribution in [0.3, 0.4) is 0 Å². The second-order valence-electron chi connectivity index (χ2n) is 8.14. The van der Waals surface area contributed by atoms with Crippen molar-refractivity contribution in [3.63, 3.8) is 0 Å². The minimum absolute atomic E-state index is 0.000595. The van der Waals surface area contributed by atoms with Gasteiger partial charge in [-0.15, -0.1) is 0 Å². The molecule has 0 aliphatic carbocycles. The van der Waals surface area contributed by atoms with Gasteiger partial charge in [0.15, 0.2) is 5.11 Å². The summed E-state index contributed by atoms with van der Waals surface area (Å²) in [7, 11) is 0. The van der Waals surface area contributed by atoms with E-state index in [-0.39, 0.29) is 23.7 Å². The van der Waals surface area contributed by atoms with Crippen molar-refractivity contribution in [3.8, 4) is 5.69 Å². The molecule has 160 valence electrons. The number of aryl methyl sites for hydroxylation is 1. The van der Waals surface area contributed by atoms with Crippen LogP contribution in [0.2, 0.25) is 0 Å². The normalized spacial score (nSPS) is 18.5. The SMILES string of the molecule is Cc1cc([C@@H]2[C@H](c3ccccn3)NC(=S)N2C(C)C)c(C)n1-c1ccc(C(=O)O)cc1. The van der Waals surface area contributed by atoms with Gasteiger partial charge in [-0.05, 0) is 87.9 Å². The highest BCUT2D eigenvalue weighted by Crippen LogP contribution is 2.42. The molecule has 3 heterocycles. The van der Waals surface area contributed by atoms with Gasteiger partial charge in [0.1, 0.15) is 0 Å². The summed E-state index contributed by atoms with van der Waals surface area (Å²) < 4.78 is 2.16. The number of nitrogens with one attached hydrogen (secondary N) is 1. The van der Waals surface area contributed by atoms with E-state index in [4.69, 9.17) is 12.2 Å². The average Bonchev–Trinajstić information content (AvgIpc) is 3.24. The second-order valence-corrected chi connectivity index (χ2v) is 8.53. The Kier molecular flexibility index (Phi) is 5.54. The first-order valence-electron chi connectivity index (χ1n) is 10.3. The fourth-order valence-corrected chi connectivity index (χ4v) is 4.94. The molecule has 0 saturated carbocycles. The predicted octanol–water partition coefficient (Wildman–Crippen LogP) is 4.57. The van der Waals surface area contributed by atoms with Crippen molar-refractivity contribution in [2.24, 2.45) is 0 Å². The quantitative estimate of drug-likeness (QED) is 0.574. The Morgan fingerprint density at radius 1 is 1.16 bits per heavy atom. The maximum absolute atomic E-state index is 11.2. The molecule has 1 aromatic carbocycles. The molecule has 2 atom stereocenters. The molecule has 2 N–H and O–H groups in total. The van der Waals surface area contributed by atoms with Gasteiger partial charge in [0.25, 0.3) is 0 Å². The molecule has 6 nitrogen and oxygen atoms in total. The molecular formula is C24H26N4O2S. The summed E-state index contributed by atoms with van der Waals surface area (Å²) >= 11 is 5.71. The van der Waals surface area contributed by atoms with Crippen molar-refractivity contribution in [3.05, 3.63) is 82.9 Å². The zero-order valence-corrected chi connectivity index (χ0v) is 18.9. The molecule has 3 aromatic rings. The lowest BCUT2D eigenvalue weighted by atomic mass is 9.96. The predicted molar refractivity (Wildman–Crippen MR) is 125 cm³/mol. The number of rotatable bonds is 5. The van der Waals surface area contributed by atoms with Gasteiger partial charge in [-0.25, -0.2) is 4.79 Å². The minimum atomic E-state index is -0.926. The smallest absolute Gasteiger partial charge is 0.335 e. The Bertz CT molecular complexity index is 1120. The third-order valence-corrected chi connectivity index (χ3v) is 6.18. The molecule has 4 rings (SSSR count). The zero-order valence-electron chi connectivity index (χ0n) is 18.0. The van der Waals surface area contributed by atoms with Crippen LogP contribution in [0, 0.1) is 13.8 Å². The number of nitrogens with zero attached hydrogens (tertiary/aromatic N) is 3. The van der Waals surface area contributed by atoms with Crippen molar-refractivity contribution in [1.82, 2.24) is 19.8 Å². The molecule has 7 heteroatoms. The molecular weight excluding hydrogens is 408 g/mol. The van der Waals surface area contributed by atoms with Crippen molar-refractivity contribution in [2.75, 3.05) is 0 Å². The molecule has 0 bridgehead atoms. The molecule has 1 aliphatic heterocycles. The van der Waals surface area contributed by atoms with E-state index < -0.39 is 5.97 Å². The molecule has 0 unspecified atom stereocenters. The Labute approximate surface area is 187 Å². The van der Waals surface area contributed by atoms with Crippen LogP contribution in [0.5, 0.6) is 0 Å². The summed E-state index contributed by atoms with van der Waals surface area (Å²) in [6, 6.07) is 15.3. The summed E-state index contributed by atoms with van der Waals surface area (Å²) in [5, 5.41) is 13.4. The monoisotopic (exact) mass is 434 g/mol. The number of thiocarbonyl (C=S) groups is 1. The van der Waals surface area contributed by atoms with E-state index in [0.717, 1.165) is 27.9 Å². The van der Waals surface area contributed by atoms with Gasteiger partial charge in [-0.1, -0.05) is 6.07 Å². The molecule has 0 radical (unpaired) electrons. The van der Waals surface area contributed by atoms with E-state index >= 15 is 0 Å². The molecule has 1 fully saturated rings. The van der Waals surface area contributed by atoms with Crippen LogP contribution in [0.25, 0.3) is 5.69 Å². The van der Waals surface area contributed by atoms with Gasteiger partial charge in [0.05, 0.1) is 23.3 Å². The van der Waals surface area contributed by atoms with Crippen molar-refractivity contribution < 1.29 is 9.90 Å². The Morgan fingerprint density at radius 2 is 1.87 bits per heavy atom. The van der Waals surface area contributed by atoms with Crippen molar-refractivity contribution in [2.45, 2.75) is 45.8 Å². The van der Waals surface area contributed by atoms with E-state index in [9.17, 15) is 9.90 Å². The standard InChI is InChI=1S/C24H26N4O2S/c1-14(2)27-22(21(26-24(27)31)20-7-5-6-12-25-20)19-13-15(3)28(16(19)4)18-10-8-17(9-11-18)23(29)30/h5-14,21-22H,1-4H3,(H,26,31)(H,29,30)/t21-,22+/m0/s1. The second kappa shape index (κ2) is 8.15. The highest BCUT2D eigenvalue weighted by atomic mass is 32.1. The van der Waals surface area contributed by atoms with Crippen LogP contribution in [0.4, 0.5) is 0 Å². The van der Waals surface area contributed by atoms with Gasteiger partial charge in [0, 0.05) is 29.3 Å². The first kappa shape index (κ1) is 21.1. The highest BCUT2D eigenvalue weighted by Gasteiger charge is 2.42. The average molecular weight is 435 g/mol. The highest BCUT2D eigenvalue weighted by molar-refractivity contribution is 7.80. The number of hydrogen-bond donors (Lipinski definition) is 2. The number of carboxylic acids is 1. The summed E-state index contributed by atoms with van der Waals surface area (Å²) in [4.78, 5) is 18.1. The van der Waals surface area contributed by atoms with E-state index in [1.165, 1.54) is 5.56 Å². The number of carbonyl (C=O) groups is 1. The minimum Gasteiger partial charge on any atom is -0.478 e. The number of aromatic carboxylic acids is 1. The lowest BCUT2D eigenvalue weighted by Crippen LogP contribution is -2.35. The number of aromatic nitrogens is 2. The van der Waals surface area contributed by atoms with Crippen LogP contribution in [0.1, 0.15) is 58.9 Å². The van der Waals surface area contributed by atoms with Gasteiger partial charge < -0.3 is 19.9 Å². The van der Waals surface area contributed by atoms with E-state index in [0.29, 0.717) is 0 Å². The molecule has 0 amide bonds. The summed E-state index contributed by atoms with van der Waals surface area (Å²) in [6.45, 7) is 8.46. The van der Waals surface area contributed by atoms with Crippen LogP contribution in [-0.4, -0.2) is 36.7 Å². The van der Waals surface area contributed by atoms with Gasteiger partial charge in [0.2, 0.25) is 0 Å². The van der Waals surface area contributed by atoms with Crippen LogP contribution < -0.4 is 5.32 Å². The van der Waals surface area contributed by atoms with E-state index in [1.54, 1.807) is 12.1 Å². The van der Waals surface area contributed by atoms with Gasteiger partial charge >= 0.3 is 5.97 Å². The molecule has 1 saturated heterocycles. The van der Waals surface area contributed by atoms with E-state index in [2.05, 4.69) is 53.5 Å². The Morgan fingerprint density at radius 3 is 2.45 bits per heavy atom. The lowest BCUT2D eigenvalue weighted by Gasteiger charge is -2.31. The number of carboxylic acid groups (broad SMARTS) is 1. The lowest BCUT2D eigenvalue weighted by molar-refractivity contribution is 0.0697. The maximum atomic E-state index is 11.2. The maximum Gasteiger partial charge on any atom is 0.335 e. The number of hydrogen-bond acceptors (Lipinski definition) is 3. The molecule has 0 spiro atoms. The first-order chi connectivity index (χ1) is 14.8.